The maximum Gasteiger partial charge on any atom is 0.273 e. The lowest BCUT2D eigenvalue weighted by Crippen LogP contribution is -2.18. The Morgan fingerprint density at radius 2 is 1.96 bits per heavy atom. The number of carbonyl (C=O) groups excluding carboxylic acids is 1. The molecule has 4 aromatic rings. The third-order valence-corrected chi connectivity index (χ3v) is 5.65. The number of carbonyl (C=O) groups is 1. The summed E-state index contributed by atoms with van der Waals surface area (Å²) in [4.78, 5) is 17.0. The van der Waals surface area contributed by atoms with E-state index in [-0.39, 0.29) is 5.91 Å². The topological polar surface area (TPSA) is 57.2 Å². The van der Waals surface area contributed by atoms with Crippen molar-refractivity contribution in [1.29, 1.82) is 0 Å². The number of hydrogen-bond donors (Lipinski definition) is 2. The number of H-pyrrole nitrogens is 1. The van der Waals surface area contributed by atoms with Crippen LogP contribution in [0, 0.1) is 0 Å². The maximum atomic E-state index is 12.6. The van der Waals surface area contributed by atoms with E-state index in [4.69, 9.17) is 23.2 Å². The van der Waals surface area contributed by atoms with Crippen LogP contribution in [0.2, 0.25) is 10.0 Å². The van der Waals surface area contributed by atoms with Crippen molar-refractivity contribution in [2.24, 2.45) is 5.10 Å². The van der Waals surface area contributed by atoms with Crippen molar-refractivity contribution >= 4 is 57.6 Å². The predicted octanol–water partition coefficient (Wildman–Crippen LogP) is 5.97. The number of thiophene rings is 1. The summed E-state index contributed by atoms with van der Waals surface area (Å²) in [6, 6.07) is 16.8. The molecule has 0 radical (unpaired) electrons. The molecule has 0 aliphatic carbocycles. The van der Waals surface area contributed by atoms with Crippen LogP contribution in [0.25, 0.3) is 21.5 Å². The van der Waals surface area contributed by atoms with Crippen LogP contribution in [0.4, 0.5) is 0 Å². The second-order valence-corrected chi connectivity index (χ2v) is 7.56. The van der Waals surface area contributed by atoms with E-state index in [1.807, 2.05) is 35.7 Å². The van der Waals surface area contributed by atoms with Crippen molar-refractivity contribution in [3.63, 3.8) is 0 Å². The molecule has 0 fully saturated rings. The molecule has 2 aromatic carbocycles. The minimum absolute atomic E-state index is 0.295. The van der Waals surface area contributed by atoms with Crippen LogP contribution in [-0.4, -0.2) is 17.1 Å². The molecule has 0 spiro atoms. The summed E-state index contributed by atoms with van der Waals surface area (Å²) in [5.41, 5.74) is 5.59. The summed E-state index contributed by atoms with van der Waals surface area (Å²) in [7, 11) is 0. The van der Waals surface area contributed by atoms with E-state index in [0.29, 0.717) is 15.6 Å². The lowest BCUT2D eigenvalue weighted by atomic mass is 10.1. The number of amides is 1. The zero-order valence-electron chi connectivity index (χ0n) is 13.9. The van der Waals surface area contributed by atoms with Gasteiger partial charge in [-0.15, -0.1) is 11.3 Å². The van der Waals surface area contributed by atoms with Crippen molar-refractivity contribution in [3.05, 3.63) is 81.1 Å². The van der Waals surface area contributed by atoms with Gasteiger partial charge >= 0.3 is 0 Å². The summed E-state index contributed by atoms with van der Waals surface area (Å²) in [6.07, 6.45) is 1.52. The van der Waals surface area contributed by atoms with Crippen LogP contribution in [0.1, 0.15) is 15.9 Å². The molecule has 2 N–H and O–H groups in total. The molecule has 4 rings (SSSR count). The highest BCUT2D eigenvalue weighted by atomic mass is 35.5. The summed E-state index contributed by atoms with van der Waals surface area (Å²) in [5, 5.41) is 7.91. The smallest absolute Gasteiger partial charge is 0.273 e. The number of nitrogens with zero attached hydrogens (tertiary/aromatic N) is 1. The molecule has 2 aromatic heterocycles. The molecule has 0 saturated carbocycles. The molecule has 27 heavy (non-hydrogen) atoms. The van der Waals surface area contributed by atoms with Crippen molar-refractivity contribution in [1.82, 2.24) is 10.4 Å². The highest BCUT2D eigenvalue weighted by Crippen LogP contribution is 2.29. The third-order valence-electron chi connectivity index (χ3n) is 4.01. The van der Waals surface area contributed by atoms with Crippen LogP contribution in [0.15, 0.2) is 65.1 Å². The van der Waals surface area contributed by atoms with E-state index in [1.165, 1.54) is 6.21 Å². The van der Waals surface area contributed by atoms with Crippen LogP contribution < -0.4 is 5.43 Å². The fourth-order valence-electron chi connectivity index (χ4n) is 2.73. The van der Waals surface area contributed by atoms with Crippen molar-refractivity contribution in [3.8, 4) is 10.6 Å². The zero-order valence-corrected chi connectivity index (χ0v) is 16.2. The Morgan fingerprint density at radius 1 is 1.07 bits per heavy atom. The fraction of sp³-hybridized carbons (Fsp3) is 0. The quantitative estimate of drug-likeness (QED) is 0.314. The summed E-state index contributed by atoms with van der Waals surface area (Å²) in [5.74, 6) is -0.295. The van der Waals surface area contributed by atoms with Crippen LogP contribution in [-0.2, 0) is 0 Å². The molecule has 134 valence electrons. The molecule has 0 saturated heterocycles. The van der Waals surface area contributed by atoms with Gasteiger partial charge in [0.05, 0.1) is 37.9 Å². The number of aromatic nitrogens is 1. The maximum absolute atomic E-state index is 12.6. The van der Waals surface area contributed by atoms with E-state index in [9.17, 15) is 4.79 Å². The number of fused-ring (bicyclic) bond motifs is 1. The van der Waals surface area contributed by atoms with E-state index in [2.05, 4.69) is 15.5 Å². The van der Waals surface area contributed by atoms with Crippen molar-refractivity contribution in [2.45, 2.75) is 0 Å². The van der Waals surface area contributed by atoms with E-state index in [1.54, 1.807) is 35.6 Å². The number of aromatic amines is 1. The number of para-hydroxylation sites is 1. The Morgan fingerprint density at radius 3 is 2.74 bits per heavy atom. The highest BCUT2D eigenvalue weighted by molar-refractivity contribution is 7.13. The lowest BCUT2D eigenvalue weighted by molar-refractivity contribution is 0.0956. The van der Waals surface area contributed by atoms with Crippen molar-refractivity contribution in [2.75, 3.05) is 0 Å². The number of nitrogens with one attached hydrogen (secondary N) is 2. The van der Waals surface area contributed by atoms with Gasteiger partial charge in [0.15, 0.2) is 0 Å². The summed E-state index contributed by atoms with van der Waals surface area (Å²) < 4.78 is 0. The van der Waals surface area contributed by atoms with Gasteiger partial charge in [0, 0.05) is 5.39 Å². The number of hydrazone groups is 1. The third kappa shape index (κ3) is 3.76. The fourth-order valence-corrected chi connectivity index (χ4v) is 3.73. The predicted molar refractivity (Wildman–Crippen MR) is 113 cm³/mol. The van der Waals surface area contributed by atoms with E-state index >= 15 is 0 Å². The Hall–Kier alpha value is -2.60. The van der Waals surface area contributed by atoms with Gasteiger partial charge in [0.1, 0.15) is 0 Å². The minimum atomic E-state index is -0.295. The first kappa shape index (κ1) is 17.8. The molecular formula is C20H13Cl2N3OS. The molecular weight excluding hydrogens is 401 g/mol. The Kier molecular flexibility index (Phi) is 4.99. The number of halogens is 2. The number of benzene rings is 2. The zero-order chi connectivity index (χ0) is 18.8. The average Bonchev–Trinajstić information content (AvgIpc) is 3.33. The van der Waals surface area contributed by atoms with Crippen molar-refractivity contribution < 1.29 is 4.79 Å². The highest BCUT2D eigenvalue weighted by Gasteiger charge is 2.12. The molecule has 4 nitrogen and oxygen atoms in total. The first-order chi connectivity index (χ1) is 13.1. The van der Waals surface area contributed by atoms with Crippen LogP contribution >= 0.6 is 34.5 Å². The van der Waals surface area contributed by atoms with E-state index in [0.717, 1.165) is 27.0 Å². The van der Waals surface area contributed by atoms with Gasteiger partial charge in [-0.1, -0.05) is 47.5 Å². The van der Waals surface area contributed by atoms with Gasteiger partial charge in [-0.05, 0) is 41.3 Å². The molecule has 0 aliphatic rings. The standard InChI is InChI=1S/C20H13Cl2N3OS/c21-15-7-6-12(9-16(15)22)11-23-25-20(26)14-4-1-3-13-10-17(24-19(13)14)18-5-2-8-27-18/h1-11,24H,(H,25,26). The van der Waals surface area contributed by atoms with Gasteiger partial charge < -0.3 is 4.98 Å². The van der Waals surface area contributed by atoms with Gasteiger partial charge in [-0.2, -0.15) is 5.10 Å². The monoisotopic (exact) mass is 413 g/mol. The van der Waals surface area contributed by atoms with Gasteiger partial charge in [-0.25, -0.2) is 5.43 Å². The first-order valence-electron chi connectivity index (χ1n) is 8.06. The molecule has 7 heteroatoms. The lowest BCUT2D eigenvalue weighted by Gasteiger charge is -2.02. The van der Waals surface area contributed by atoms with Gasteiger partial charge in [0.25, 0.3) is 5.91 Å². The molecule has 0 bridgehead atoms. The number of rotatable bonds is 4. The Labute approximate surface area is 169 Å². The first-order valence-corrected chi connectivity index (χ1v) is 9.69. The Balaban J connectivity index is 1.57. The van der Waals surface area contributed by atoms with Gasteiger partial charge in [-0.3, -0.25) is 4.79 Å². The normalized spacial score (nSPS) is 11.3. The number of hydrogen-bond acceptors (Lipinski definition) is 3. The second-order valence-electron chi connectivity index (χ2n) is 5.80. The summed E-state index contributed by atoms with van der Waals surface area (Å²) in [6.45, 7) is 0. The molecule has 2 heterocycles. The summed E-state index contributed by atoms with van der Waals surface area (Å²) >= 11 is 13.5. The largest absolute Gasteiger partial charge is 0.353 e. The second kappa shape index (κ2) is 7.56. The molecule has 0 atom stereocenters. The van der Waals surface area contributed by atoms with Crippen LogP contribution in [0.5, 0.6) is 0 Å². The van der Waals surface area contributed by atoms with Gasteiger partial charge in [0.2, 0.25) is 0 Å². The molecule has 0 unspecified atom stereocenters. The van der Waals surface area contributed by atoms with E-state index < -0.39 is 0 Å². The minimum Gasteiger partial charge on any atom is -0.353 e. The average molecular weight is 414 g/mol. The SMILES string of the molecule is O=C(NN=Cc1ccc(Cl)c(Cl)c1)c1cccc2cc(-c3cccs3)[nH]c12. The Bertz CT molecular complexity index is 1150. The molecule has 0 aliphatic heterocycles. The van der Waals surface area contributed by atoms with Crippen LogP contribution in [0.3, 0.4) is 0 Å². The molecule has 1 amide bonds.